The minimum Gasteiger partial charge on any atom is -0.468 e. The maximum Gasteiger partial charge on any atom is 0.251 e. The Labute approximate surface area is 164 Å². The Morgan fingerprint density at radius 1 is 1.14 bits per heavy atom. The number of anilines is 1. The number of hydrogen-bond donors (Lipinski definition) is 1. The van der Waals surface area contributed by atoms with Crippen molar-refractivity contribution in [3.63, 3.8) is 0 Å². The average molecular weight is 383 g/mol. The fourth-order valence-electron chi connectivity index (χ4n) is 3.81. The number of nitrogens with zero attached hydrogens (tertiary/aromatic N) is 2. The predicted molar refractivity (Wildman–Crippen MR) is 104 cm³/mol. The Hall–Kier alpha value is -2.64. The standard InChI is InChI=1S/C21H25N3O4/c25-20-7-2-8-24(20)17-5-1-4-16(14-17)21(26)22-15-18(19-6-3-11-28-19)23-9-12-27-13-10-23/h1,3-6,11,14,18H,2,7-10,12-13,15H2,(H,22,26). The van der Waals surface area contributed by atoms with Gasteiger partial charge in [-0.05, 0) is 36.8 Å². The molecule has 1 atom stereocenters. The molecule has 2 amide bonds. The van der Waals surface area contributed by atoms with Crippen LogP contribution in [0.25, 0.3) is 0 Å². The topological polar surface area (TPSA) is 75.0 Å². The Kier molecular flexibility index (Phi) is 5.73. The quantitative estimate of drug-likeness (QED) is 0.828. The molecule has 0 spiro atoms. The largest absolute Gasteiger partial charge is 0.468 e. The summed E-state index contributed by atoms with van der Waals surface area (Å²) >= 11 is 0. The van der Waals surface area contributed by atoms with Gasteiger partial charge in [0, 0.05) is 43.9 Å². The van der Waals surface area contributed by atoms with Crippen LogP contribution < -0.4 is 10.2 Å². The van der Waals surface area contributed by atoms with Gasteiger partial charge in [0.1, 0.15) is 5.76 Å². The van der Waals surface area contributed by atoms with E-state index in [1.807, 2.05) is 24.3 Å². The van der Waals surface area contributed by atoms with Crippen molar-refractivity contribution in [2.45, 2.75) is 18.9 Å². The number of morpholine rings is 1. The molecule has 4 rings (SSSR count). The Morgan fingerprint density at radius 3 is 2.71 bits per heavy atom. The first-order chi connectivity index (χ1) is 13.7. The molecule has 1 N–H and O–H groups in total. The van der Waals surface area contributed by atoms with Gasteiger partial charge in [0.05, 0.1) is 25.5 Å². The number of nitrogens with one attached hydrogen (secondary N) is 1. The van der Waals surface area contributed by atoms with Gasteiger partial charge in [-0.15, -0.1) is 0 Å². The molecule has 7 nitrogen and oxygen atoms in total. The second-order valence-corrected chi connectivity index (χ2v) is 7.09. The highest BCUT2D eigenvalue weighted by Crippen LogP contribution is 2.24. The van der Waals surface area contributed by atoms with E-state index in [0.717, 1.165) is 31.0 Å². The lowest BCUT2D eigenvalue weighted by Gasteiger charge is -2.33. The zero-order valence-electron chi connectivity index (χ0n) is 15.8. The van der Waals surface area contributed by atoms with E-state index in [9.17, 15) is 9.59 Å². The second-order valence-electron chi connectivity index (χ2n) is 7.09. The van der Waals surface area contributed by atoms with Crippen LogP contribution in [0.15, 0.2) is 47.1 Å². The number of carbonyl (C=O) groups is 2. The van der Waals surface area contributed by atoms with Crippen LogP contribution in [0, 0.1) is 0 Å². The number of amides is 2. The van der Waals surface area contributed by atoms with E-state index in [-0.39, 0.29) is 17.9 Å². The SMILES string of the molecule is O=C(NCC(c1ccco1)N1CCOCC1)c1cccc(N2CCCC2=O)c1. The van der Waals surface area contributed by atoms with Crippen molar-refractivity contribution >= 4 is 17.5 Å². The second kappa shape index (κ2) is 8.58. The molecule has 0 saturated carbocycles. The summed E-state index contributed by atoms with van der Waals surface area (Å²) in [7, 11) is 0. The van der Waals surface area contributed by atoms with E-state index in [1.54, 1.807) is 23.3 Å². The lowest BCUT2D eigenvalue weighted by atomic mass is 10.1. The summed E-state index contributed by atoms with van der Waals surface area (Å²) < 4.78 is 11.0. The maximum atomic E-state index is 12.8. The molecular formula is C21H25N3O4. The van der Waals surface area contributed by atoms with Crippen molar-refractivity contribution in [2.75, 3.05) is 44.3 Å². The first-order valence-electron chi connectivity index (χ1n) is 9.76. The summed E-state index contributed by atoms with van der Waals surface area (Å²) in [5.74, 6) is 0.791. The lowest BCUT2D eigenvalue weighted by Crippen LogP contribution is -2.43. The normalized spacial score (nSPS) is 19.0. The lowest BCUT2D eigenvalue weighted by molar-refractivity contribution is -0.117. The molecule has 7 heteroatoms. The first-order valence-corrected chi connectivity index (χ1v) is 9.76. The third-order valence-corrected chi connectivity index (χ3v) is 5.31. The van der Waals surface area contributed by atoms with Crippen LogP contribution in [0.4, 0.5) is 5.69 Å². The van der Waals surface area contributed by atoms with Crippen molar-refractivity contribution in [3.05, 3.63) is 54.0 Å². The molecule has 0 radical (unpaired) electrons. The highest BCUT2D eigenvalue weighted by Gasteiger charge is 2.26. The summed E-state index contributed by atoms with van der Waals surface area (Å²) in [4.78, 5) is 28.8. The van der Waals surface area contributed by atoms with Crippen molar-refractivity contribution < 1.29 is 18.7 Å². The van der Waals surface area contributed by atoms with E-state index in [4.69, 9.17) is 9.15 Å². The third-order valence-electron chi connectivity index (χ3n) is 5.31. The van der Waals surface area contributed by atoms with Gasteiger partial charge in [0.2, 0.25) is 5.91 Å². The molecule has 2 aliphatic heterocycles. The van der Waals surface area contributed by atoms with Crippen molar-refractivity contribution in [3.8, 4) is 0 Å². The summed E-state index contributed by atoms with van der Waals surface area (Å²) in [6, 6.07) is 11.0. The Balaban J connectivity index is 1.44. The molecule has 1 unspecified atom stereocenters. The molecular weight excluding hydrogens is 358 g/mol. The van der Waals surface area contributed by atoms with Gasteiger partial charge in [-0.25, -0.2) is 0 Å². The van der Waals surface area contributed by atoms with Crippen LogP contribution >= 0.6 is 0 Å². The van der Waals surface area contributed by atoms with Crippen molar-refractivity contribution in [1.29, 1.82) is 0 Å². The van der Waals surface area contributed by atoms with Gasteiger partial charge < -0.3 is 19.4 Å². The fourth-order valence-corrected chi connectivity index (χ4v) is 3.81. The minimum atomic E-state index is -0.154. The number of hydrogen-bond acceptors (Lipinski definition) is 5. The highest BCUT2D eigenvalue weighted by molar-refractivity contribution is 5.99. The van der Waals surface area contributed by atoms with Gasteiger partial charge in [-0.2, -0.15) is 0 Å². The van der Waals surface area contributed by atoms with Gasteiger partial charge in [0.15, 0.2) is 0 Å². The Morgan fingerprint density at radius 2 is 2.00 bits per heavy atom. The number of carbonyl (C=O) groups excluding carboxylic acids is 2. The van der Waals surface area contributed by atoms with Crippen LogP contribution in [0.5, 0.6) is 0 Å². The van der Waals surface area contributed by atoms with Crippen LogP contribution in [-0.4, -0.2) is 56.1 Å². The summed E-state index contributed by atoms with van der Waals surface area (Å²) in [6.07, 6.45) is 3.08. The number of benzene rings is 1. The molecule has 2 saturated heterocycles. The maximum absolute atomic E-state index is 12.8. The average Bonchev–Trinajstić information content (AvgIpc) is 3.41. The minimum absolute atomic E-state index is 0.0359. The Bertz CT molecular complexity index is 815. The first kappa shape index (κ1) is 18.7. The molecule has 2 aliphatic rings. The van der Waals surface area contributed by atoms with Crippen molar-refractivity contribution in [1.82, 2.24) is 10.2 Å². The fraction of sp³-hybridized carbons (Fsp3) is 0.429. The zero-order valence-corrected chi connectivity index (χ0v) is 15.8. The summed E-state index contributed by atoms with van der Waals surface area (Å²) in [5.41, 5.74) is 1.34. The van der Waals surface area contributed by atoms with E-state index < -0.39 is 0 Å². The monoisotopic (exact) mass is 383 g/mol. The summed E-state index contributed by atoms with van der Waals surface area (Å²) in [6.45, 7) is 4.11. The molecule has 3 heterocycles. The smallest absolute Gasteiger partial charge is 0.251 e. The van der Waals surface area contributed by atoms with Gasteiger partial charge in [0.25, 0.3) is 5.91 Å². The molecule has 1 aromatic carbocycles. The van der Waals surface area contributed by atoms with Gasteiger partial charge in [-0.1, -0.05) is 6.07 Å². The van der Waals surface area contributed by atoms with Crippen LogP contribution in [-0.2, 0) is 9.53 Å². The highest BCUT2D eigenvalue weighted by atomic mass is 16.5. The molecule has 148 valence electrons. The number of ether oxygens (including phenoxy) is 1. The molecule has 28 heavy (non-hydrogen) atoms. The van der Waals surface area contributed by atoms with E-state index in [1.165, 1.54) is 0 Å². The van der Waals surface area contributed by atoms with Crippen molar-refractivity contribution in [2.24, 2.45) is 0 Å². The van der Waals surface area contributed by atoms with Gasteiger partial charge in [-0.3, -0.25) is 14.5 Å². The van der Waals surface area contributed by atoms with Crippen LogP contribution in [0.2, 0.25) is 0 Å². The molecule has 2 aromatic rings. The zero-order chi connectivity index (χ0) is 19.3. The number of furan rings is 1. The summed E-state index contributed by atoms with van der Waals surface area (Å²) in [5, 5.41) is 3.03. The molecule has 2 fully saturated rings. The van der Waals surface area contributed by atoms with Crippen LogP contribution in [0.1, 0.15) is 35.0 Å². The van der Waals surface area contributed by atoms with E-state index in [2.05, 4.69) is 10.2 Å². The molecule has 0 aliphatic carbocycles. The predicted octanol–water partition coefficient (Wildman–Crippen LogP) is 2.21. The molecule has 0 bridgehead atoms. The van der Waals surface area contributed by atoms with Crippen LogP contribution in [0.3, 0.4) is 0 Å². The van der Waals surface area contributed by atoms with E-state index >= 15 is 0 Å². The molecule has 1 aromatic heterocycles. The van der Waals surface area contributed by atoms with Gasteiger partial charge >= 0.3 is 0 Å². The number of rotatable bonds is 6. The third kappa shape index (κ3) is 4.10. The van der Waals surface area contributed by atoms with E-state index in [0.29, 0.717) is 38.3 Å².